The lowest BCUT2D eigenvalue weighted by molar-refractivity contribution is -0.147. The highest BCUT2D eigenvalue weighted by molar-refractivity contribution is 6.02. The molecule has 0 fully saturated rings. The van der Waals surface area contributed by atoms with Crippen molar-refractivity contribution in [3.05, 3.63) is 36.0 Å². The monoisotopic (exact) mass is 261 g/mol. The molecular formula is C14H15NO4. The first kappa shape index (κ1) is 13.1. The number of fused-ring (bicyclic) bond motifs is 1. The average molecular weight is 261 g/mol. The minimum atomic E-state index is -1.02. The molecule has 0 spiro atoms. The van der Waals surface area contributed by atoms with Gasteiger partial charge in [-0.2, -0.15) is 0 Å². The number of para-hydroxylation sites is 1. The Balaban J connectivity index is 2.56. The zero-order valence-corrected chi connectivity index (χ0v) is 10.8. The lowest BCUT2D eigenvalue weighted by Gasteiger charge is -2.20. The van der Waals surface area contributed by atoms with Crippen molar-refractivity contribution in [3.63, 3.8) is 0 Å². The van der Waals surface area contributed by atoms with E-state index in [4.69, 9.17) is 5.11 Å². The number of hydrogen-bond donors (Lipinski definition) is 2. The van der Waals surface area contributed by atoms with Crippen LogP contribution in [-0.2, 0) is 11.3 Å². The topological polar surface area (TPSA) is 79.5 Å². The molecule has 1 heterocycles. The molecule has 0 bridgehead atoms. The van der Waals surface area contributed by atoms with E-state index < -0.39 is 17.4 Å². The second-order valence-corrected chi connectivity index (χ2v) is 5.18. The van der Waals surface area contributed by atoms with Gasteiger partial charge in [0.25, 0.3) is 0 Å². The number of aromatic nitrogens is 1. The van der Waals surface area contributed by atoms with Gasteiger partial charge in [-0.15, -0.1) is 0 Å². The van der Waals surface area contributed by atoms with Crippen molar-refractivity contribution in [3.8, 4) is 0 Å². The zero-order valence-electron chi connectivity index (χ0n) is 10.8. The van der Waals surface area contributed by atoms with E-state index in [1.807, 2.05) is 6.07 Å². The molecule has 0 radical (unpaired) electrons. The number of aliphatic carboxylic acids is 1. The summed E-state index contributed by atoms with van der Waals surface area (Å²) in [6, 6.07) is 6.80. The van der Waals surface area contributed by atoms with Crippen LogP contribution in [0.2, 0.25) is 0 Å². The molecule has 2 rings (SSSR count). The van der Waals surface area contributed by atoms with Crippen molar-refractivity contribution in [1.29, 1.82) is 0 Å². The Hall–Kier alpha value is -2.30. The Bertz CT molecular complexity index is 655. The summed E-state index contributed by atoms with van der Waals surface area (Å²) in [5.41, 5.74) is -0.217. The zero-order chi connectivity index (χ0) is 14.2. The Labute approximate surface area is 110 Å². The van der Waals surface area contributed by atoms with Gasteiger partial charge in [-0.25, -0.2) is 4.79 Å². The van der Waals surface area contributed by atoms with E-state index in [0.717, 1.165) is 5.39 Å². The minimum Gasteiger partial charge on any atom is -0.481 e. The largest absolute Gasteiger partial charge is 0.481 e. The first-order chi connectivity index (χ1) is 8.83. The highest BCUT2D eigenvalue weighted by Crippen LogP contribution is 2.25. The third-order valence-electron chi connectivity index (χ3n) is 3.16. The second-order valence-electron chi connectivity index (χ2n) is 5.18. The van der Waals surface area contributed by atoms with Crippen molar-refractivity contribution in [1.82, 2.24) is 4.57 Å². The molecule has 0 saturated heterocycles. The van der Waals surface area contributed by atoms with E-state index >= 15 is 0 Å². The molecule has 0 unspecified atom stereocenters. The van der Waals surface area contributed by atoms with Crippen LogP contribution in [0.4, 0.5) is 0 Å². The maximum absolute atomic E-state index is 11.2. The van der Waals surface area contributed by atoms with Gasteiger partial charge >= 0.3 is 11.9 Å². The Morgan fingerprint density at radius 1 is 1.21 bits per heavy atom. The van der Waals surface area contributed by atoms with Crippen LogP contribution in [0.1, 0.15) is 24.2 Å². The number of carboxylic acid groups (broad SMARTS) is 2. The van der Waals surface area contributed by atoms with Gasteiger partial charge in [-0.1, -0.05) is 12.1 Å². The van der Waals surface area contributed by atoms with Gasteiger partial charge in [0.15, 0.2) is 0 Å². The van der Waals surface area contributed by atoms with Crippen LogP contribution in [-0.4, -0.2) is 26.7 Å². The first-order valence-corrected chi connectivity index (χ1v) is 5.87. The molecule has 0 aliphatic rings. The van der Waals surface area contributed by atoms with Crippen molar-refractivity contribution in [2.45, 2.75) is 20.4 Å². The quantitative estimate of drug-likeness (QED) is 0.886. The number of carboxylic acids is 2. The smallest absolute Gasteiger partial charge is 0.337 e. The normalized spacial score (nSPS) is 11.7. The third-order valence-corrected chi connectivity index (χ3v) is 3.16. The van der Waals surface area contributed by atoms with E-state index in [2.05, 4.69) is 0 Å². The molecule has 2 N–H and O–H groups in total. The number of nitrogens with zero attached hydrogens (tertiary/aromatic N) is 1. The SMILES string of the molecule is CC(C)(Cn1ccc2cccc(C(=O)O)c21)C(=O)O. The van der Waals surface area contributed by atoms with Crippen molar-refractivity contribution >= 4 is 22.8 Å². The Morgan fingerprint density at radius 2 is 1.89 bits per heavy atom. The summed E-state index contributed by atoms with van der Waals surface area (Å²) in [6.45, 7) is 3.45. The van der Waals surface area contributed by atoms with Crippen LogP contribution >= 0.6 is 0 Å². The summed E-state index contributed by atoms with van der Waals surface area (Å²) in [5, 5.41) is 19.2. The molecule has 5 heteroatoms. The van der Waals surface area contributed by atoms with Crippen LogP contribution in [0.15, 0.2) is 30.5 Å². The molecule has 5 nitrogen and oxygen atoms in total. The van der Waals surface area contributed by atoms with Gasteiger partial charge in [-0.3, -0.25) is 4.79 Å². The Morgan fingerprint density at radius 3 is 2.47 bits per heavy atom. The van der Waals surface area contributed by atoms with Crippen molar-refractivity contribution in [2.75, 3.05) is 0 Å². The highest BCUT2D eigenvalue weighted by atomic mass is 16.4. The molecular weight excluding hydrogens is 246 g/mol. The minimum absolute atomic E-state index is 0.184. The molecule has 1 aromatic heterocycles. The maximum Gasteiger partial charge on any atom is 0.337 e. The van der Waals surface area contributed by atoms with E-state index in [9.17, 15) is 14.7 Å². The van der Waals surface area contributed by atoms with Gasteiger partial charge < -0.3 is 14.8 Å². The summed E-state index contributed by atoms with van der Waals surface area (Å²) in [6.07, 6.45) is 1.72. The van der Waals surface area contributed by atoms with Gasteiger partial charge in [0.2, 0.25) is 0 Å². The second kappa shape index (κ2) is 4.42. The summed E-state index contributed by atoms with van der Waals surface area (Å²) in [5.74, 6) is -1.93. The van der Waals surface area contributed by atoms with E-state index in [-0.39, 0.29) is 12.1 Å². The maximum atomic E-state index is 11.2. The molecule has 0 amide bonds. The van der Waals surface area contributed by atoms with Gasteiger partial charge in [-0.05, 0) is 26.0 Å². The number of hydrogen-bond acceptors (Lipinski definition) is 2. The van der Waals surface area contributed by atoms with E-state index in [1.165, 1.54) is 6.07 Å². The van der Waals surface area contributed by atoms with Gasteiger partial charge in [0.1, 0.15) is 0 Å². The van der Waals surface area contributed by atoms with Crippen LogP contribution in [0.25, 0.3) is 10.9 Å². The summed E-state index contributed by atoms with van der Waals surface area (Å²) in [4.78, 5) is 22.4. The molecule has 0 aliphatic carbocycles. The van der Waals surface area contributed by atoms with Crippen LogP contribution < -0.4 is 0 Å². The number of aromatic carboxylic acids is 1. The molecule has 1 aromatic carbocycles. The van der Waals surface area contributed by atoms with Crippen LogP contribution in [0, 0.1) is 5.41 Å². The summed E-state index contributed by atoms with van der Waals surface area (Å²) >= 11 is 0. The molecule has 0 aliphatic heterocycles. The average Bonchev–Trinajstić information content (AvgIpc) is 2.71. The fourth-order valence-electron chi connectivity index (χ4n) is 2.06. The third kappa shape index (κ3) is 2.31. The van der Waals surface area contributed by atoms with Crippen molar-refractivity contribution < 1.29 is 19.8 Å². The first-order valence-electron chi connectivity index (χ1n) is 5.87. The van der Waals surface area contributed by atoms with Gasteiger partial charge in [0.05, 0.1) is 16.5 Å². The predicted molar refractivity (Wildman–Crippen MR) is 70.3 cm³/mol. The molecule has 19 heavy (non-hydrogen) atoms. The molecule has 0 saturated carbocycles. The number of benzene rings is 1. The number of rotatable bonds is 4. The van der Waals surface area contributed by atoms with Gasteiger partial charge in [0, 0.05) is 18.1 Å². The lowest BCUT2D eigenvalue weighted by Crippen LogP contribution is -2.29. The highest BCUT2D eigenvalue weighted by Gasteiger charge is 2.28. The molecule has 0 atom stereocenters. The van der Waals surface area contributed by atoms with Crippen molar-refractivity contribution in [2.24, 2.45) is 5.41 Å². The van der Waals surface area contributed by atoms with Crippen LogP contribution in [0.3, 0.4) is 0 Å². The standard InChI is InChI=1S/C14H15NO4/c1-14(2,13(18)19)8-15-7-6-9-4-3-5-10(11(9)15)12(16)17/h3-7H,8H2,1-2H3,(H,16,17)(H,18,19). The van der Waals surface area contributed by atoms with Crippen LogP contribution in [0.5, 0.6) is 0 Å². The fraction of sp³-hybridized carbons (Fsp3) is 0.286. The molecule has 2 aromatic rings. The summed E-state index contributed by atoms with van der Waals surface area (Å²) < 4.78 is 1.69. The summed E-state index contributed by atoms with van der Waals surface area (Å²) in [7, 11) is 0. The predicted octanol–water partition coefficient (Wildman–Crippen LogP) is 2.45. The fourth-order valence-corrected chi connectivity index (χ4v) is 2.06. The molecule has 100 valence electrons. The Kier molecular flexibility index (Phi) is 3.06. The number of carbonyl (C=O) groups is 2. The lowest BCUT2D eigenvalue weighted by atomic mass is 9.93. The van der Waals surface area contributed by atoms with E-state index in [0.29, 0.717) is 5.52 Å². The van der Waals surface area contributed by atoms with E-state index in [1.54, 1.807) is 36.7 Å².